The number of amides is 2. The van der Waals surface area contributed by atoms with Crippen molar-refractivity contribution in [3.05, 3.63) is 59.9 Å². The Hall–Kier alpha value is -2.56. The quantitative estimate of drug-likeness (QED) is 0.883. The van der Waals surface area contributed by atoms with E-state index in [0.29, 0.717) is 12.2 Å². The van der Waals surface area contributed by atoms with E-state index in [2.05, 4.69) is 5.32 Å². The molecule has 4 nitrogen and oxygen atoms in total. The van der Waals surface area contributed by atoms with Gasteiger partial charge in [0.05, 0.1) is 6.04 Å². The lowest BCUT2D eigenvalue weighted by molar-refractivity contribution is 0.207. The second kappa shape index (κ2) is 6.05. The van der Waals surface area contributed by atoms with Crippen LogP contribution in [0, 0.1) is 5.82 Å². The Morgan fingerprint density at radius 2 is 2.00 bits per heavy atom. The highest BCUT2D eigenvalue weighted by Gasteiger charge is 2.29. The van der Waals surface area contributed by atoms with E-state index in [9.17, 15) is 14.3 Å². The highest BCUT2D eigenvalue weighted by atomic mass is 19.1. The number of aromatic hydroxyl groups is 1. The van der Waals surface area contributed by atoms with Crippen molar-refractivity contribution < 1.29 is 14.3 Å². The number of phenolic OH excluding ortho intramolecular Hbond substituents is 1. The van der Waals surface area contributed by atoms with Gasteiger partial charge in [-0.25, -0.2) is 9.18 Å². The summed E-state index contributed by atoms with van der Waals surface area (Å²) in [4.78, 5) is 14.2. The molecule has 1 fully saturated rings. The molecule has 1 atom stereocenters. The summed E-state index contributed by atoms with van der Waals surface area (Å²) in [5.74, 6) is -0.174. The Kier molecular flexibility index (Phi) is 3.96. The van der Waals surface area contributed by atoms with E-state index in [4.69, 9.17) is 0 Å². The van der Waals surface area contributed by atoms with E-state index in [1.54, 1.807) is 29.2 Å². The summed E-state index contributed by atoms with van der Waals surface area (Å²) in [7, 11) is 0. The molecule has 114 valence electrons. The van der Waals surface area contributed by atoms with Gasteiger partial charge in [0.15, 0.2) is 0 Å². The number of carbonyl (C=O) groups is 1. The molecule has 0 radical (unpaired) electrons. The summed E-state index contributed by atoms with van der Waals surface area (Å²) in [6, 6.07) is 12.5. The van der Waals surface area contributed by atoms with Crippen molar-refractivity contribution in [1.29, 1.82) is 0 Å². The molecule has 22 heavy (non-hydrogen) atoms. The van der Waals surface area contributed by atoms with Crippen LogP contribution < -0.4 is 5.32 Å². The third kappa shape index (κ3) is 3.03. The summed E-state index contributed by atoms with van der Waals surface area (Å²) < 4.78 is 13.2. The van der Waals surface area contributed by atoms with Crippen molar-refractivity contribution in [3.8, 4) is 5.75 Å². The average molecular weight is 300 g/mol. The molecular formula is C17H17FN2O2. The highest BCUT2D eigenvalue weighted by molar-refractivity contribution is 5.89. The Morgan fingerprint density at radius 1 is 1.23 bits per heavy atom. The summed E-state index contributed by atoms with van der Waals surface area (Å²) in [6.07, 6.45) is 1.80. The van der Waals surface area contributed by atoms with Crippen molar-refractivity contribution >= 4 is 11.7 Å². The summed E-state index contributed by atoms with van der Waals surface area (Å²) in [5.41, 5.74) is 1.44. The zero-order chi connectivity index (χ0) is 15.5. The predicted molar refractivity (Wildman–Crippen MR) is 82.2 cm³/mol. The van der Waals surface area contributed by atoms with Gasteiger partial charge in [0.1, 0.15) is 11.6 Å². The van der Waals surface area contributed by atoms with Crippen molar-refractivity contribution in [2.24, 2.45) is 0 Å². The number of nitrogens with one attached hydrogen (secondary N) is 1. The zero-order valence-electron chi connectivity index (χ0n) is 12.0. The first-order valence-corrected chi connectivity index (χ1v) is 7.25. The van der Waals surface area contributed by atoms with Gasteiger partial charge in [-0.2, -0.15) is 0 Å². The summed E-state index contributed by atoms with van der Waals surface area (Å²) in [6.45, 7) is 0.659. The molecule has 2 N–H and O–H groups in total. The van der Waals surface area contributed by atoms with Crippen molar-refractivity contribution in [3.63, 3.8) is 0 Å². The first-order valence-electron chi connectivity index (χ1n) is 7.25. The molecule has 2 amide bonds. The molecule has 1 heterocycles. The minimum atomic E-state index is -0.380. The lowest BCUT2D eigenvalue weighted by atomic mass is 10.0. The molecule has 0 aliphatic carbocycles. The molecule has 0 unspecified atom stereocenters. The Labute approximate surface area is 128 Å². The number of carbonyl (C=O) groups excluding carboxylic acids is 1. The van der Waals surface area contributed by atoms with Crippen molar-refractivity contribution in [2.45, 2.75) is 18.9 Å². The topological polar surface area (TPSA) is 52.6 Å². The maximum atomic E-state index is 13.2. The highest BCUT2D eigenvalue weighted by Crippen LogP contribution is 2.33. The third-order valence-corrected chi connectivity index (χ3v) is 3.87. The molecule has 2 aromatic rings. The number of likely N-dealkylation sites (tertiary alicyclic amines) is 1. The molecule has 0 spiro atoms. The Balaban J connectivity index is 1.75. The first-order chi connectivity index (χ1) is 10.6. The van der Waals surface area contributed by atoms with E-state index >= 15 is 0 Å². The van der Waals surface area contributed by atoms with E-state index in [1.807, 2.05) is 12.1 Å². The number of anilines is 1. The molecule has 1 aliphatic rings. The molecule has 1 saturated heterocycles. The molecule has 0 saturated carbocycles. The fourth-order valence-corrected chi connectivity index (χ4v) is 2.81. The van der Waals surface area contributed by atoms with E-state index in [0.717, 1.165) is 18.4 Å². The van der Waals surface area contributed by atoms with Crippen LogP contribution in [0.25, 0.3) is 0 Å². The number of phenols is 1. The number of halogens is 1. The predicted octanol–water partition coefficient (Wildman–Crippen LogP) is 3.90. The number of hydrogen-bond acceptors (Lipinski definition) is 2. The monoisotopic (exact) mass is 300 g/mol. The number of benzene rings is 2. The van der Waals surface area contributed by atoms with E-state index in [-0.39, 0.29) is 23.6 Å². The van der Waals surface area contributed by atoms with Gasteiger partial charge >= 0.3 is 6.03 Å². The second-order valence-corrected chi connectivity index (χ2v) is 5.38. The van der Waals surface area contributed by atoms with Gasteiger partial charge in [0.2, 0.25) is 0 Å². The van der Waals surface area contributed by atoms with E-state index in [1.165, 1.54) is 12.1 Å². The normalized spacial score (nSPS) is 17.5. The van der Waals surface area contributed by atoms with Crippen LogP contribution in [0.1, 0.15) is 24.4 Å². The number of urea groups is 1. The van der Waals surface area contributed by atoms with Gasteiger partial charge in [-0.3, -0.25) is 0 Å². The van der Waals surface area contributed by atoms with Crippen molar-refractivity contribution in [1.82, 2.24) is 4.90 Å². The van der Waals surface area contributed by atoms with Crippen molar-refractivity contribution in [2.75, 3.05) is 11.9 Å². The van der Waals surface area contributed by atoms with E-state index < -0.39 is 0 Å². The van der Waals surface area contributed by atoms with Gasteiger partial charge in [-0.15, -0.1) is 0 Å². The molecule has 2 aromatic carbocycles. The maximum Gasteiger partial charge on any atom is 0.322 e. The minimum absolute atomic E-state index is 0.0193. The molecular weight excluding hydrogens is 283 g/mol. The van der Waals surface area contributed by atoms with Crippen LogP contribution in [0.4, 0.5) is 14.9 Å². The van der Waals surface area contributed by atoms with Gasteiger partial charge in [0.25, 0.3) is 0 Å². The van der Waals surface area contributed by atoms with Crippen LogP contribution >= 0.6 is 0 Å². The molecule has 3 rings (SSSR count). The molecule has 1 aliphatic heterocycles. The van der Waals surface area contributed by atoms with Crippen LogP contribution in [0.5, 0.6) is 5.75 Å². The summed E-state index contributed by atoms with van der Waals surface area (Å²) >= 11 is 0. The van der Waals surface area contributed by atoms with Gasteiger partial charge in [0, 0.05) is 12.2 Å². The lowest BCUT2D eigenvalue weighted by Gasteiger charge is -2.25. The van der Waals surface area contributed by atoms with Crippen LogP contribution in [0.15, 0.2) is 48.5 Å². The van der Waals surface area contributed by atoms with Crippen LogP contribution in [-0.4, -0.2) is 22.6 Å². The van der Waals surface area contributed by atoms with Gasteiger partial charge in [-0.1, -0.05) is 18.2 Å². The third-order valence-electron chi connectivity index (χ3n) is 3.87. The average Bonchev–Trinajstić information content (AvgIpc) is 2.97. The zero-order valence-corrected chi connectivity index (χ0v) is 12.0. The Morgan fingerprint density at radius 3 is 2.73 bits per heavy atom. The van der Waals surface area contributed by atoms with Gasteiger partial charge < -0.3 is 15.3 Å². The largest absolute Gasteiger partial charge is 0.508 e. The maximum absolute atomic E-state index is 13.2. The number of rotatable bonds is 2. The van der Waals surface area contributed by atoms with Crippen LogP contribution in [0.2, 0.25) is 0 Å². The fourth-order valence-electron chi connectivity index (χ4n) is 2.81. The molecule has 0 aromatic heterocycles. The number of nitrogens with zero attached hydrogens (tertiary/aromatic N) is 1. The SMILES string of the molecule is O=C(Nc1cccc(F)c1)N1CCC[C@@H]1c1ccc(O)cc1. The van der Waals surface area contributed by atoms with Gasteiger partial charge in [-0.05, 0) is 48.7 Å². The number of hydrogen-bond donors (Lipinski definition) is 2. The standard InChI is InChI=1S/C17H17FN2O2/c18-13-3-1-4-14(11-13)19-17(22)20-10-2-5-16(20)12-6-8-15(21)9-7-12/h1,3-4,6-9,11,16,21H,2,5,10H2,(H,19,22)/t16-/m1/s1. The van der Waals surface area contributed by atoms with Crippen LogP contribution in [-0.2, 0) is 0 Å². The molecule has 0 bridgehead atoms. The Bertz CT molecular complexity index is 673. The fraction of sp³-hybridized carbons (Fsp3) is 0.235. The summed E-state index contributed by atoms with van der Waals surface area (Å²) in [5, 5.41) is 12.1. The second-order valence-electron chi connectivity index (χ2n) is 5.38. The minimum Gasteiger partial charge on any atom is -0.508 e. The lowest BCUT2D eigenvalue weighted by Crippen LogP contribution is -2.34. The van der Waals surface area contributed by atoms with Crippen LogP contribution in [0.3, 0.4) is 0 Å². The first kappa shape index (κ1) is 14.4. The smallest absolute Gasteiger partial charge is 0.322 e. The molecule has 5 heteroatoms.